The van der Waals surface area contributed by atoms with Crippen LogP contribution in [0.2, 0.25) is 0 Å². The van der Waals surface area contributed by atoms with Gasteiger partial charge < -0.3 is 15.4 Å². The molecule has 0 bridgehead atoms. The van der Waals surface area contributed by atoms with Gasteiger partial charge in [0.05, 0.1) is 17.8 Å². The fourth-order valence-corrected chi connectivity index (χ4v) is 3.64. The van der Waals surface area contributed by atoms with E-state index in [-0.39, 0.29) is 24.0 Å². The van der Waals surface area contributed by atoms with Crippen LogP contribution >= 0.6 is 0 Å². The molecule has 1 saturated carbocycles. The monoisotopic (exact) mass is 320 g/mol. The summed E-state index contributed by atoms with van der Waals surface area (Å²) in [6.07, 6.45) is 5.81. The second-order valence-electron chi connectivity index (χ2n) is 6.90. The molecule has 6 nitrogen and oxygen atoms in total. The summed E-state index contributed by atoms with van der Waals surface area (Å²) in [5, 5.41) is 11.3. The van der Waals surface area contributed by atoms with Crippen LogP contribution in [-0.4, -0.2) is 40.5 Å². The van der Waals surface area contributed by atoms with E-state index in [1.54, 1.807) is 0 Å². The molecule has 2 aliphatic rings. The number of hydrogen-bond donors (Lipinski definition) is 2. The largest absolute Gasteiger partial charge is 0.378 e. The maximum absolute atomic E-state index is 11.9. The van der Waals surface area contributed by atoms with Gasteiger partial charge in [0.1, 0.15) is 0 Å². The first-order chi connectivity index (χ1) is 11.1. The second kappa shape index (κ2) is 7.01. The summed E-state index contributed by atoms with van der Waals surface area (Å²) in [4.78, 5) is 11.9. The average Bonchev–Trinajstić information content (AvgIpc) is 2.96. The van der Waals surface area contributed by atoms with Crippen LogP contribution in [0.1, 0.15) is 64.2 Å². The van der Waals surface area contributed by atoms with E-state index in [1.165, 1.54) is 0 Å². The van der Waals surface area contributed by atoms with Crippen LogP contribution < -0.4 is 10.6 Å². The third-order valence-corrected chi connectivity index (χ3v) is 4.86. The smallest absolute Gasteiger partial charge is 0.220 e. The van der Waals surface area contributed by atoms with Gasteiger partial charge in [-0.3, -0.25) is 9.48 Å². The summed E-state index contributed by atoms with van der Waals surface area (Å²) in [6, 6.07) is 3.05. The van der Waals surface area contributed by atoms with E-state index in [4.69, 9.17) is 4.74 Å². The molecular formula is C17H28N4O2. The Hall–Kier alpha value is -1.40. The van der Waals surface area contributed by atoms with E-state index in [0.717, 1.165) is 31.6 Å². The zero-order chi connectivity index (χ0) is 16.4. The highest BCUT2D eigenvalue weighted by atomic mass is 16.5. The molecule has 0 radical (unpaired) electrons. The molecule has 0 spiro atoms. The summed E-state index contributed by atoms with van der Waals surface area (Å²) in [5.41, 5.74) is 1.09. The van der Waals surface area contributed by atoms with Gasteiger partial charge in [0, 0.05) is 37.4 Å². The van der Waals surface area contributed by atoms with Gasteiger partial charge in [0.15, 0.2) is 0 Å². The Bertz CT molecular complexity index is 536. The molecule has 2 atom stereocenters. The predicted molar refractivity (Wildman–Crippen MR) is 88.1 cm³/mol. The lowest BCUT2D eigenvalue weighted by Gasteiger charge is -2.41. The van der Waals surface area contributed by atoms with Gasteiger partial charge >= 0.3 is 0 Å². The van der Waals surface area contributed by atoms with Crippen molar-refractivity contribution in [3.63, 3.8) is 0 Å². The molecule has 23 heavy (non-hydrogen) atoms. The van der Waals surface area contributed by atoms with E-state index in [0.29, 0.717) is 18.6 Å². The van der Waals surface area contributed by atoms with Crippen LogP contribution in [0.15, 0.2) is 12.3 Å². The van der Waals surface area contributed by atoms with E-state index < -0.39 is 0 Å². The lowest BCUT2D eigenvalue weighted by molar-refractivity contribution is -0.124. The number of ether oxygens (including phenoxy) is 1. The number of rotatable bonds is 6. The van der Waals surface area contributed by atoms with Crippen molar-refractivity contribution in [2.45, 2.75) is 76.7 Å². The average molecular weight is 320 g/mol. The van der Waals surface area contributed by atoms with Crippen LogP contribution in [0, 0.1) is 0 Å². The fourth-order valence-electron chi connectivity index (χ4n) is 3.64. The van der Waals surface area contributed by atoms with Crippen molar-refractivity contribution in [2.24, 2.45) is 0 Å². The molecule has 2 N–H and O–H groups in total. The highest BCUT2D eigenvalue weighted by molar-refractivity contribution is 5.77. The molecule has 1 aliphatic heterocycles. The molecule has 1 amide bonds. The normalized spacial score (nSPS) is 31.0. The van der Waals surface area contributed by atoms with Gasteiger partial charge in [0.2, 0.25) is 5.91 Å². The predicted octanol–water partition coefficient (Wildman–Crippen LogP) is 1.94. The highest BCUT2D eigenvalue weighted by Crippen LogP contribution is 2.30. The van der Waals surface area contributed by atoms with Gasteiger partial charge in [-0.2, -0.15) is 5.10 Å². The number of aromatic nitrogens is 2. The molecule has 0 aromatic carbocycles. The van der Waals surface area contributed by atoms with Gasteiger partial charge in [-0.25, -0.2) is 0 Å². The molecule has 1 aromatic heterocycles. The molecule has 128 valence electrons. The zero-order valence-corrected chi connectivity index (χ0v) is 14.3. The first-order valence-corrected chi connectivity index (χ1v) is 8.79. The molecule has 3 rings (SSSR count). The Morgan fingerprint density at radius 3 is 2.96 bits per heavy atom. The number of carbonyl (C=O) groups is 1. The van der Waals surface area contributed by atoms with Crippen LogP contribution in [0.5, 0.6) is 0 Å². The zero-order valence-electron chi connectivity index (χ0n) is 14.3. The number of nitrogens with one attached hydrogen (secondary N) is 2. The highest BCUT2D eigenvalue weighted by Gasteiger charge is 2.37. The Balaban J connectivity index is 1.68. The summed E-state index contributed by atoms with van der Waals surface area (Å²) in [6.45, 7) is 7.05. The summed E-state index contributed by atoms with van der Waals surface area (Å²) < 4.78 is 7.65. The summed E-state index contributed by atoms with van der Waals surface area (Å²) in [7, 11) is 0. The Morgan fingerprint density at radius 1 is 1.48 bits per heavy atom. The second-order valence-corrected chi connectivity index (χ2v) is 6.90. The molecule has 1 aliphatic carbocycles. The standard InChI is InChI=1S/C17H28N4O2/c1-4-23-13-9-12(10-13)19-14-5-6-16(22)20-17(14)15-7-8-18-21(15)11(2)3/h7-8,11-14,17,19H,4-6,9-10H2,1-3H3,(H,20,22)/t12?,13?,14-,17-/m1/s1. The van der Waals surface area contributed by atoms with Crippen molar-refractivity contribution in [2.75, 3.05) is 6.61 Å². The maximum Gasteiger partial charge on any atom is 0.220 e. The van der Waals surface area contributed by atoms with Gasteiger partial charge in [-0.05, 0) is 46.1 Å². The number of hydrogen-bond acceptors (Lipinski definition) is 4. The maximum atomic E-state index is 11.9. The summed E-state index contributed by atoms with van der Waals surface area (Å²) >= 11 is 0. The van der Waals surface area contributed by atoms with Crippen LogP contribution in [0.4, 0.5) is 0 Å². The number of piperidine rings is 1. The first-order valence-electron chi connectivity index (χ1n) is 8.79. The van der Waals surface area contributed by atoms with Crippen molar-refractivity contribution in [3.05, 3.63) is 18.0 Å². The third-order valence-electron chi connectivity index (χ3n) is 4.86. The van der Waals surface area contributed by atoms with Gasteiger partial charge in [-0.1, -0.05) is 0 Å². The lowest BCUT2D eigenvalue weighted by Crippen LogP contribution is -2.56. The first kappa shape index (κ1) is 16.5. The van der Waals surface area contributed by atoms with E-state index in [9.17, 15) is 4.79 Å². The number of carbonyl (C=O) groups excluding carboxylic acids is 1. The molecular weight excluding hydrogens is 292 g/mol. The van der Waals surface area contributed by atoms with E-state index in [1.807, 2.05) is 23.9 Å². The van der Waals surface area contributed by atoms with Crippen LogP contribution in [-0.2, 0) is 9.53 Å². The SMILES string of the molecule is CCOC1CC(N[C@@H]2CCC(=O)N[C@H]2c2ccnn2C(C)C)C1. The summed E-state index contributed by atoms with van der Waals surface area (Å²) in [5.74, 6) is 0.130. The van der Waals surface area contributed by atoms with Gasteiger partial charge in [-0.15, -0.1) is 0 Å². The Labute approximate surface area is 138 Å². The molecule has 1 aromatic rings. The number of amides is 1. The molecule has 6 heteroatoms. The van der Waals surface area contributed by atoms with Crippen molar-refractivity contribution < 1.29 is 9.53 Å². The minimum absolute atomic E-state index is 0.00714. The van der Waals surface area contributed by atoms with E-state index >= 15 is 0 Å². The molecule has 0 unspecified atom stereocenters. The minimum Gasteiger partial charge on any atom is -0.378 e. The van der Waals surface area contributed by atoms with Crippen molar-refractivity contribution in [3.8, 4) is 0 Å². The van der Waals surface area contributed by atoms with Gasteiger partial charge in [0.25, 0.3) is 0 Å². The topological polar surface area (TPSA) is 68.2 Å². The Morgan fingerprint density at radius 2 is 2.26 bits per heavy atom. The number of nitrogens with zero attached hydrogens (tertiary/aromatic N) is 2. The molecule has 1 saturated heterocycles. The molecule has 2 fully saturated rings. The van der Waals surface area contributed by atoms with Crippen molar-refractivity contribution in [1.82, 2.24) is 20.4 Å². The van der Waals surface area contributed by atoms with Crippen LogP contribution in [0.3, 0.4) is 0 Å². The van der Waals surface area contributed by atoms with Crippen LogP contribution in [0.25, 0.3) is 0 Å². The van der Waals surface area contributed by atoms with E-state index in [2.05, 4.69) is 29.6 Å². The quantitative estimate of drug-likeness (QED) is 0.840. The third kappa shape index (κ3) is 3.58. The molecule has 2 heterocycles. The fraction of sp³-hybridized carbons (Fsp3) is 0.765. The lowest BCUT2D eigenvalue weighted by atomic mass is 9.86. The van der Waals surface area contributed by atoms with Crippen molar-refractivity contribution >= 4 is 5.91 Å². The minimum atomic E-state index is -0.00714. The Kier molecular flexibility index (Phi) is 5.02. The van der Waals surface area contributed by atoms with Crippen molar-refractivity contribution in [1.29, 1.82) is 0 Å².